The zero-order valence-corrected chi connectivity index (χ0v) is 13.6. The summed E-state index contributed by atoms with van der Waals surface area (Å²) in [5.74, 6) is 2.78. The van der Waals surface area contributed by atoms with Gasteiger partial charge in [0.1, 0.15) is 0 Å². The van der Waals surface area contributed by atoms with Crippen LogP contribution in [0, 0.1) is 6.92 Å². The van der Waals surface area contributed by atoms with Gasteiger partial charge in [0.25, 0.3) is 0 Å². The largest absolute Gasteiger partial charge is 0.338 e. The van der Waals surface area contributed by atoms with Gasteiger partial charge in [0, 0.05) is 19.0 Å². The van der Waals surface area contributed by atoms with E-state index in [1.165, 1.54) is 17.3 Å². The molecule has 3 aromatic rings. The van der Waals surface area contributed by atoms with E-state index in [9.17, 15) is 0 Å². The lowest BCUT2D eigenvalue weighted by molar-refractivity contribution is 0.385. The zero-order chi connectivity index (χ0) is 15.5. The minimum Gasteiger partial charge on any atom is -0.338 e. The molecule has 3 rings (SSSR count). The van der Waals surface area contributed by atoms with Crippen LogP contribution in [-0.2, 0) is 19.2 Å². The van der Waals surface area contributed by atoms with Crippen molar-refractivity contribution in [1.29, 1.82) is 0 Å². The van der Waals surface area contributed by atoms with Gasteiger partial charge in [-0.15, -0.1) is 10.2 Å². The Hall–Kier alpha value is -2.15. The van der Waals surface area contributed by atoms with Gasteiger partial charge in [0.2, 0.25) is 5.89 Å². The summed E-state index contributed by atoms with van der Waals surface area (Å²) in [5.41, 5.74) is 2.28. The topological polar surface area (TPSA) is 69.6 Å². The maximum Gasteiger partial charge on any atom is 0.237 e. The lowest BCUT2D eigenvalue weighted by Crippen LogP contribution is -1.95. The minimum atomic E-state index is 0.590. The molecule has 0 radical (unpaired) electrons. The van der Waals surface area contributed by atoms with Crippen LogP contribution in [0.5, 0.6) is 0 Å². The fraction of sp³-hybridized carbons (Fsp3) is 0.333. The molecule has 114 valence electrons. The van der Waals surface area contributed by atoms with Crippen molar-refractivity contribution in [1.82, 2.24) is 24.9 Å². The lowest BCUT2D eigenvalue weighted by Gasteiger charge is -2.03. The molecule has 6 nitrogen and oxygen atoms in total. The molecule has 0 aliphatic rings. The van der Waals surface area contributed by atoms with Crippen molar-refractivity contribution in [3.05, 3.63) is 41.5 Å². The second kappa shape index (κ2) is 6.31. The van der Waals surface area contributed by atoms with Gasteiger partial charge in [-0.05, 0) is 6.92 Å². The smallest absolute Gasteiger partial charge is 0.237 e. The van der Waals surface area contributed by atoms with E-state index in [0.29, 0.717) is 11.6 Å². The van der Waals surface area contributed by atoms with Crippen LogP contribution >= 0.6 is 11.8 Å². The molecule has 0 atom stereocenters. The molecule has 22 heavy (non-hydrogen) atoms. The van der Waals surface area contributed by atoms with E-state index in [1.807, 2.05) is 18.5 Å². The second-order valence-corrected chi connectivity index (χ2v) is 5.92. The highest BCUT2D eigenvalue weighted by molar-refractivity contribution is 7.98. The SMILES string of the molecule is CCc1noc(CSc2nnc(-c3ccc(C)cc3)n2C)n1. The highest BCUT2D eigenvalue weighted by atomic mass is 32.2. The van der Waals surface area contributed by atoms with Gasteiger partial charge in [0.15, 0.2) is 16.8 Å². The fourth-order valence-corrected chi connectivity index (χ4v) is 2.76. The van der Waals surface area contributed by atoms with Gasteiger partial charge in [-0.2, -0.15) is 4.98 Å². The first-order valence-corrected chi connectivity index (χ1v) is 8.06. The molecule has 0 aliphatic carbocycles. The first kappa shape index (κ1) is 14.8. The standard InChI is InChI=1S/C15H17N5OS/c1-4-12-16-13(21-19-12)9-22-15-18-17-14(20(15)3)11-7-5-10(2)6-8-11/h5-8H,4,9H2,1-3H3. The molecule has 0 unspecified atom stereocenters. The summed E-state index contributed by atoms with van der Waals surface area (Å²) in [6.45, 7) is 4.06. The quantitative estimate of drug-likeness (QED) is 0.674. The van der Waals surface area contributed by atoms with Crippen molar-refractivity contribution in [2.45, 2.75) is 31.2 Å². The normalized spacial score (nSPS) is 11.0. The molecule has 0 spiro atoms. The molecule has 0 saturated carbocycles. The van der Waals surface area contributed by atoms with Crippen molar-refractivity contribution in [3.63, 3.8) is 0 Å². The number of nitrogens with zero attached hydrogens (tertiary/aromatic N) is 5. The number of aromatic nitrogens is 5. The predicted octanol–water partition coefficient (Wildman–Crippen LogP) is 3.03. The van der Waals surface area contributed by atoms with Crippen molar-refractivity contribution in [2.24, 2.45) is 7.05 Å². The third-order valence-corrected chi connectivity index (χ3v) is 4.30. The van der Waals surface area contributed by atoms with E-state index in [2.05, 4.69) is 51.5 Å². The van der Waals surface area contributed by atoms with Crippen molar-refractivity contribution < 1.29 is 4.52 Å². The van der Waals surface area contributed by atoms with E-state index in [4.69, 9.17) is 4.52 Å². The number of rotatable bonds is 5. The van der Waals surface area contributed by atoms with Crippen LogP contribution in [0.2, 0.25) is 0 Å². The molecule has 0 fully saturated rings. The Morgan fingerprint density at radius 2 is 1.95 bits per heavy atom. The molecule has 0 aliphatic heterocycles. The van der Waals surface area contributed by atoms with Crippen molar-refractivity contribution >= 4 is 11.8 Å². The van der Waals surface area contributed by atoms with Gasteiger partial charge in [0.05, 0.1) is 5.75 Å². The lowest BCUT2D eigenvalue weighted by atomic mass is 10.1. The molecule has 0 saturated heterocycles. The third-order valence-electron chi connectivity index (χ3n) is 3.30. The molecule has 1 aromatic carbocycles. The Labute approximate surface area is 133 Å². The van der Waals surface area contributed by atoms with Crippen LogP contribution in [0.1, 0.15) is 24.2 Å². The van der Waals surface area contributed by atoms with Crippen LogP contribution in [0.3, 0.4) is 0 Å². The summed E-state index contributed by atoms with van der Waals surface area (Å²) in [4.78, 5) is 4.29. The van der Waals surface area contributed by atoms with E-state index < -0.39 is 0 Å². The summed E-state index contributed by atoms with van der Waals surface area (Å²) in [5, 5.41) is 13.2. The summed E-state index contributed by atoms with van der Waals surface area (Å²) < 4.78 is 7.16. The molecular formula is C15H17N5OS. The Kier molecular flexibility index (Phi) is 4.24. The first-order valence-electron chi connectivity index (χ1n) is 7.08. The Balaban J connectivity index is 1.74. The number of hydrogen-bond acceptors (Lipinski definition) is 6. The maximum atomic E-state index is 5.18. The molecular weight excluding hydrogens is 298 g/mol. The van der Waals surface area contributed by atoms with Crippen LogP contribution < -0.4 is 0 Å². The summed E-state index contributed by atoms with van der Waals surface area (Å²) in [7, 11) is 1.96. The third kappa shape index (κ3) is 3.04. The molecule has 7 heteroatoms. The average Bonchev–Trinajstić information content (AvgIpc) is 3.13. The van der Waals surface area contributed by atoms with E-state index in [0.717, 1.165) is 28.8 Å². The summed E-state index contributed by atoms with van der Waals surface area (Å²) >= 11 is 1.54. The van der Waals surface area contributed by atoms with Gasteiger partial charge >= 0.3 is 0 Å². The van der Waals surface area contributed by atoms with Gasteiger partial charge in [-0.25, -0.2) is 0 Å². The zero-order valence-electron chi connectivity index (χ0n) is 12.8. The Morgan fingerprint density at radius 3 is 2.64 bits per heavy atom. The van der Waals surface area contributed by atoms with Crippen molar-refractivity contribution in [2.75, 3.05) is 0 Å². The van der Waals surface area contributed by atoms with Gasteiger partial charge in [-0.3, -0.25) is 0 Å². The highest BCUT2D eigenvalue weighted by Gasteiger charge is 2.13. The minimum absolute atomic E-state index is 0.590. The van der Waals surface area contributed by atoms with Crippen LogP contribution in [0.25, 0.3) is 11.4 Å². The van der Waals surface area contributed by atoms with Crippen molar-refractivity contribution in [3.8, 4) is 11.4 Å². The van der Waals surface area contributed by atoms with Crippen LogP contribution in [-0.4, -0.2) is 24.9 Å². The van der Waals surface area contributed by atoms with Gasteiger partial charge < -0.3 is 9.09 Å². The van der Waals surface area contributed by atoms with E-state index in [1.54, 1.807) is 0 Å². The van der Waals surface area contributed by atoms with Crippen LogP contribution in [0.4, 0.5) is 0 Å². The molecule has 2 aromatic heterocycles. The van der Waals surface area contributed by atoms with E-state index in [-0.39, 0.29) is 0 Å². The van der Waals surface area contributed by atoms with Crippen LogP contribution in [0.15, 0.2) is 33.9 Å². The fourth-order valence-electron chi connectivity index (χ4n) is 2.01. The van der Waals surface area contributed by atoms with Gasteiger partial charge in [-0.1, -0.05) is 53.7 Å². The number of hydrogen-bond donors (Lipinski definition) is 0. The summed E-state index contributed by atoms with van der Waals surface area (Å²) in [6, 6.07) is 8.25. The Morgan fingerprint density at radius 1 is 1.18 bits per heavy atom. The number of benzene rings is 1. The maximum absolute atomic E-state index is 5.18. The Bertz CT molecular complexity index is 763. The highest BCUT2D eigenvalue weighted by Crippen LogP contribution is 2.24. The molecule has 0 N–H and O–H groups in total. The number of aryl methyl sites for hydroxylation is 2. The number of thioether (sulfide) groups is 1. The second-order valence-electron chi connectivity index (χ2n) is 4.98. The first-order chi connectivity index (χ1) is 10.7. The summed E-state index contributed by atoms with van der Waals surface area (Å²) in [6.07, 6.45) is 0.774. The average molecular weight is 315 g/mol. The molecule has 0 amide bonds. The van der Waals surface area contributed by atoms with E-state index >= 15 is 0 Å². The predicted molar refractivity (Wildman–Crippen MR) is 84.4 cm³/mol. The monoisotopic (exact) mass is 315 g/mol. The molecule has 0 bridgehead atoms. The molecule has 2 heterocycles.